The van der Waals surface area contributed by atoms with E-state index in [2.05, 4.69) is 22.2 Å². The maximum atomic E-state index is 6.22. The summed E-state index contributed by atoms with van der Waals surface area (Å²) in [5.41, 5.74) is 6.73. The number of nitrogen functional groups attached to an aromatic ring is 1. The number of nitrogens with one attached hydrogen (secondary N) is 1. The van der Waals surface area contributed by atoms with Crippen molar-refractivity contribution < 1.29 is 9.47 Å². The van der Waals surface area contributed by atoms with Crippen LogP contribution >= 0.6 is 0 Å². The fourth-order valence-corrected chi connectivity index (χ4v) is 3.07. The Hall–Kier alpha value is -1.56. The first kappa shape index (κ1) is 15.3. The molecule has 1 aromatic rings. The van der Waals surface area contributed by atoms with Gasteiger partial charge in [0.25, 0.3) is 0 Å². The van der Waals surface area contributed by atoms with Gasteiger partial charge in [0, 0.05) is 12.6 Å². The van der Waals surface area contributed by atoms with E-state index in [0.717, 1.165) is 25.9 Å². The van der Waals surface area contributed by atoms with Crippen molar-refractivity contribution in [3.63, 3.8) is 0 Å². The third kappa shape index (κ3) is 3.43. The van der Waals surface area contributed by atoms with Crippen molar-refractivity contribution in [1.82, 2.24) is 9.97 Å². The molecule has 2 fully saturated rings. The first-order valence-corrected chi connectivity index (χ1v) is 8.46. The van der Waals surface area contributed by atoms with Crippen LogP contribution in [0.15, 0.2) is 0 Å². The van der Waals surface area contributed by atoms with Crippen LogP contribution in [0.2, 0.25) is 0 Å². The van der Waals surface area contributed by atoms with Crippen LogP contribution in [-0.2, 0) is 4.74 Å². The monoisotopic (exact) mass is 306 g/mol. The highest BCUT2D eigenvalue weighted by Gasteiger charge is 2.25. The Balaban J connectivity index is 1.85. The number of hydrogen-bond acceptors (Lipinski definition) is 6. The summed E-state index contributed by atoms with van der Waals surface area (Å²) in [4.78, 5) is 9.14. The first-order chi connectivity index (χ1) is 10.8. The largest absolute Gasteiger partial charge is 0.476 e. The molecule has 3 rings (SSSR count). The summed E-state index contributed by atoms with van der Waals surface area (Å²) < 4.78 is 11.4. The highest BCUT2D eigenvalue weighted by Crippen LogP contribution is 2.34. The molecule has 1 saturated carbocycles. The molecule has 0 amide bonds. The number of nitrogens with zero attached hydrogens (tertiary/aromatic N) is 2. The lowest BCUT2D eigenvalue weighted by atomic mass is 10.2. The van der Waals surface area contributed by atoms with Gasteiger partial charge in [0.1, 0.15) is 11.8 Å². The lowest BCUT2D eigenvalue weighted by molar-refractivity contribution is 0.104. The van der Waals surface area contributed by atoms with Gasteiger partial charge in [0.05, 0.1) is 6.61 Å². The number of anilines is 2. The van der Waals surface area contributed by atoms with Gasteiger partial charge < -0.3 is 20.5 Å². The van der Waals surface area contributed by atoms with E-state index in [9.17, 15) is 0 Å². The Morgan fingerprint density at radius 3 is 2.73 bits per heavy atom. The Morgan fingerprint density at radius 2 is 2.05 bits per heavy atom. The summed E-state index contributed by atoms with van der Waals surface area (Å²) in [6.45, 7) is 3.44. The van der Waals surface area contributed by atoms with E-state index < -0.39 is 0 Å². The second kappa shape index (κ2) is 7.13. The number of rotatable bonds is 6. The Bertz CT molecular complexity index is 497. The summed E-state index contributed by atoms with van der Waals surface area (Å²) in [6.07, 6.45) is 7.77. The maximum Gasteiger partial charge on any atom is 0.242 e. The molecule has 0 bridgehead atoms. The van der Waals surface area contributed by atoms with Crippen molar-refractivity contribution in [3.8, 4) is 5.88 Å². The van der Waals surface area contributed by atoms with Crippen LogP contribution in [0.1, 0.15) is 63.8 Å². The Morgan fingerprint density at radius 1 is 1.23 bits per heavy atom. The normalized spacial score (nSPS) is 22.1. The molecule has 6 heteroatoms. The minimum Gasteiger partial charge on any atom is -0.476 e. The van der Waals surface area contributed by atoms with Crippen molar-refractivity contribution in [2.75, 3.05) is 24.3 Å². The number of nitrogens with two attached hydrogens (primary N) is 1. The van der Waals surface area contributed by atoms with Crippen molar-refractivity contribution in [3.05, 3.63) is 5.82 Å². The van der Waals surface area contributed by atoms with Crippen molar-refractivity contribution in [2.24, 2.45) is 0 Å². The zero-order chi connectivity index (χ0) is 15.4. The smallest absolute Gasteiger partial charge is 0.242 e. The van der Waals surface area contributed by atoms with Crippen LogP contribution < -0.4 is 15.8 Å². The highest BCUT2D eigenvalue weighted by molar-refractivity contribution is 5.67. The summed E-state index contributed by atoms with van der Waals surface area (Å²) in [6, 6.07) is 0.452. The van der Waals surface area contributed by atoms with Crippen molar-refractivity contribution in [2.45, 2.75) is 64.0 Å². The van der Waals surface area contributed by atoms with Gasteiger partial charge in [0.2, 0.25) is 5.88 Å². The second-order valence-electron chi connectivity index (χ2n) is 6.13. The van der Waals surface area contributed by atoms with E-state index in [-0.39, 0.29) is 6.10 Å². The molecular formula is C16H26N4O2. The van der Waals surface area contributed by atoms with E-state index in [1.807, 2.05) is 0 Å². The fourth-order valence-electron chi connectivity index (χ4n) is 3.07. The molecule has 3 N–H and O–H groups in total. The van der Waals surface area contributed by atoms with Crippen molar-refractivity contribution >= 4 is 11.5 Å². The molecule has 22 heavy (non-hydrogen) atoms. The van der Waals surface area contributed by atoms with Gasteiger partial charge in [-0.15, -0.1) is 0 Å². The standard InChI is InChI=1S/C16H26N4O2/c1-2-9-22-16-13(17)15(18-11-6-3-4-7-11)19-14(20-16)12-8-5-10-21-12/h11-12H,2-10,17H2,1H3,(H,18,19,20). The van der Waals surface area contributed by atoms with Gasteiger partial charge in [-0.1, -0.05) is 19.8 Å². The van der Waals surface area contributed by atoms with Crippen LogP contribution in [0.3, 0.4) is 0 Å². The van der Waals surface area contributed by atoms with Gasteiger partial charge in [-0.25, -0.2) is 4.98 Å². The number of hydrogen-bond donors (Lipinski definition) is 2. The summed E-state index contributed by atoms with van der Waals surface area (Å²) in [5, 5.41) is 3.48. The van der Waals surface area contributed by atoms with Crippen LogP contribution in [0, 0.1) is 0 Å². The number of aromatic nitrogens is 2. The molecule has 1 aliphatic heterocycles. The maximum absolute atomic E-state index is 6.22. The third-order valence-electron chi connectivity index (χ3n) is 4.28. The Labute approximate surface area is 131 Å². The molecule has 1 saturated heterocycles. The van der Waals surface area contributed by atoms with E-state index in [0.29, 0.717) is 35.9 Å². The predicted octanol–water partition coefficient (Wildman–Crippen LogP) is 3.05. The predicted molar refractivity (Wildman–Crippen MR) is 86.0 cm³/mol. The lowest BCUT2D eigenvalue weighted by Gasteiger charge is -2.19. The lowest BCUT2D eigenvalue weighted by Crippen LogP contribution is -2.19. The molecule has 0 spiro atoms. The Kier molecular flexibility index (Phi) is 4.97. The van der Waals surface area contributed by atoms with Gasteiger partial charge in [-0.2, -0.15) is 4.98 Å². The SMILES string of the molecule is CCCOc1nc(C2CCCO2)nc(NC2CCCC2)c1N. The molecule has 1 aromatic heterocycles. The molecular weight excluding hydrogens is 280 g/mol. The molecule has 122 valence electrons. The average Bonchev–Trinajstić information content (AvgIpc) is 3.21. The van der Waals surface area contributed by atoms with Crippen LogP contribution in [0.25, 0.3) is 0 Å². The summed E-state index contributed by atoms with van der Waals surface area (Å²) >= 11 is 0. The molecule has 1 unspecified atom stereocenters. The quantitative estimate of drug-likeness (QED) is 0.840. The zero-order valence-electron chi connectivity index (χ0n) is 13.3. The van der Waals surface area contributed by atoms with E-state index >= 15 is 0 Å². The minimum atomic E-state index is -0.0336. The molecule has 1 aliphatic carbocycles. The second-order valence-corrected chi connectivity index (χ2v) is 6.13. The fraction of sp³-hybridized carbons (Fsp3) is 0.750. The molecule has 6 nitrogen and oxygen atoms in total. The third-order valence-corrected chi connectivity index (χ3v) is 4.28. The van der Waals surface area contributed by atoms with Gasteiger partial charge in [0.15, 0.2) is 11.6 Å². The van der Waals surface area contributed by atoms with Crippen LogP contribution in [0.4, 0.5) is 11.5 Å². The molecule has 0 radical (unpaired) electrons. The molecule has 2 aliphatic rings. The number of ether oxygens (including phenoxy) is 2. The molecule has 1 atom stereocenters. The van der Waals surface area contributed by atoms with Crippen molar-refractivity contribution in [1.29, 1.82) is 0 Å². The molecule has 0 aromatic carbocycles. The first-order valence-electron chi connectivity index (χ1n) is 8.46. The summed E-state index contributed by atoms with van der Waals surface area (Å²) in [5.74, 6) is 1.89. The topological polar surface area (TPSA) is 82.3 Å². The minimum absolute atomic E-state index is 0.0336. The van der Waals surface area contributed by atoms with E-state index in [1.54, 1.807) is 0 Å². The van der Waals surface area contributed by atoms with Gasteiger partial charge in [-0.05, 0) is 32.1 Å². The van der Waals surface area contributed by atoms with Gasteiger partial charge in [-0.3, -0.25) is 0 Å². The van der Waals surface area contributed by atoms with Crippen LogP contribution in [-0.4, -0.2) is 29.2 Å². The highest BCUT2D eigenvalue weighted by atomic mass is 16.5. The average molecular weight is 306 g/mol. The van der Waals surface area contributed by atoms with E-state index in [4.69, 9.17) is 15.2 Å². The molecule has 2 heterocycles. The van der Waals surface area contributed by atoms with E-state index in [1.165, 1.54) is 25.7 Å². The summed E-state index contributed by atoms with van der Waals surface area (Å²) in [7, 11) is 0. The van der Waals surface area contributed by atoms with Crippen LogP contribution in [0.5, 0.6) is 5.88 Å². The zero-order valence-corrected chi connectivity index (χ0v) is 13.3. The van der Waals surface area contributed by atoms with Gasteiger partial charge >= 0.3 is 0 Å².